The molecule has 0 bridgehead atoms. The van der Waals surface area contributed by atoms with Gasteiger partial charge in [-0.25, -0.2) is 4.98 Å². The fourth-order valence-corrected chi connectivity index (χ4v) is 1.48. The highest BCUT2D eigenvalue weighted by molar-refractivity contribution is 6.42. The smallest absolute Gasteiger partial charge is 0.121 e. The van der Waals surface area contributed by atoms with E-state index in [9.17, 15) is 0 Å². The molecule has 0 spiro atoms. The van der Waals surface area contributed by atoms with E-state index in [-0.39, 0.29) is 6.73 Å². The Morgan fingerprint density at radius 1 is 1.31 bits per heavy atom. The maximum Gasteiger partial charge on any atom is 0.121 e. The number of aliphatic hydroxyl groups is 1. The zero-order valence-electron chi connectivity index (χ0n) is 6.54. The molecule has 13 heavy (non-hydrogen) atoms. The molecule has 1 heterocycles. The van der Waals surface area contributed by atoms with Crippen molar-refractivity contribution < 1.29 is 5.11 Å². The van der Waals surface area contributed by atoms with E-state index >= 15 is 0 Å². The summed E-state index contributed by atoms with van der Waals surface area (Å²) in [6, 6.07) is 3.35. The van der Waals surface area contributed by atoms with Gasteiger partial charge in [-0.3, -0.25) is 0 Å². The van der Waals surface area contributed by atoms with Gasteiger partial charge in [0.15, 0.2) is 0 Å². The minimum atomic E-state index is -0.117. The number of aliphatic hydroxyl groups excluding tert-OH is 1. The van der Waals surface area contributed by atoms with E-state index in [1.165, 1.54) is 6.33 Å². The second-order valence-electron chi connectivity index (χ2n) is 2.61. The van der Waals surface area contributed by atoms with E-state index in [0.717, 1.165) is 11.0 Å². The standard InChI is InChI=1S/C8H6Cl2N2O/c9-5-1-7-8(2-6(5)10)12(4-13)3-11-7/h1-3,13H,4H2. The van der Waals surface area contributed by atoms with Crippen LogP contribution in [0.5, 0.6) is 0 Å². The van der Waals surface area contributed by atoms with Crippen LogP contribution < -0.4 is 0 Å². The molecule has 0 fully saturated rings. The zero-order valence-corrected chi connectivity index (χ0v) is 8.05. The summed E-state index contributed by atoms with van der Waals surface area (Å²) in [5, 5.41) is 9.86. The van der Waals surface area contributed by atoms with Crippen LogP contribution in [0.3, 0.4) is 0 Å². The molecule has 0 amide bonds. The van der Waals surface area contributed by atoms with Crippen LogP contribution in [0.2, 0.25) is 10.0 Å². The monoisotopic (exact) mass is 216 g/mol. The normalized spacial score (nSPS) is 11.0. The van der Waals surface area contributed by atoms with E-state index in [1.807, 2.05) is 0 Å². The Hall–Kier alpha value is -0.770. The Balaban J connectivity index is 2.77. The van der Waals surface area contributed by atoms with Gasteiger partial charge >= 0.3 is 0 Å². The van der Waals surface area contributed by atoms with Crippen LogP contribution in [0.4, 0.5) is 0 Å². The average molecular weight is 217 g/mol. The van der Waals surface area contributed by atoms with E-state index in [1.54, 1.807) is 16.7 Å². The third kappa shape index (κ3) is 1.39. The largest absolute Gasteiger partial charge is 0.376 e. The van der Waals surface area contributed by atoms with Crippen LogP contribution >= 0.6 is 23.2 Å². The average Bonchev–Trinajstić information content (AvgIpc) is 2.48. The van der Waals surface area contributed by atoms with Gasteiger partial charge in [-0.05, 0) is 12.1 Å². The van der Waals surface area contributed by atoms with Gasteiger partial charge in [0.1, 0.15) is 6.73 Å². The quantitative estimate of drug-likeness (QED) is 0.795. The summed E-state index contributed by atoms with van der Waals surface area (Å²) < 4.78 is 1.58. The Morgan fingerprint density at radius 3 is 2.69 bits per heavy atom. The van der Waals surface area contributed by atoms with Gasteiger partial charge in [-0.1, -0.05) is 23.2 Å². The van der Waals surface area contributed by atoms with Crippen molar-refractivity contribution in [1.29, 1.82) is 0 Å². The predicted octanol–water partition coefficient (Wildman–Crippen LogP) is 2.29. The number of hydrogen-bond donors (Lipinski definition) is 1. The van der Waals surface area contributed by atoms with Crippen LogP contribution in [0.15, 0.2) is 18.5 Å². The van der Waals surface area contributed by atoms with Crippen molar-refractivity contribution in [3.63, 3.8) is 0 Å². The first-order valence-corrected chi connectivity index (χ1v) is 4.38. The Bertz CT molecular complexity index is 453. The molecule has 0 saturated heterocycles. The van der Waals surface area contributed by atoms with Crippen LogP contribution in [-0.4, -0.2) is 14.7 Å². The number of nitrogens with zero attached hydrogens (tertiary/aromatic N) is 2. The zero-order chi connectivity index (χ0) is 9.42. The van der Waals surface area contributed by atoms with Crippen molar-refractivity contribution >= 4 is 34.2 Å². The van der Waals surface area contributed by atoms with Crippen molar-refractivity contribution in [3.05, 3.63) is 28.5 Å². The maximum absolute atomic E-state index is 8.93. The fourth-order valence-electron chi connectivity index (χ4n) is 1.17. The van der Waals surface area contributed by atoms with Crippen molar-refractivity contribution in [1.82, 2.24) is 9.55 Å². The second-order valence-corrected chi connectivity index (χ2v) is 3.43. The van der Waals surface area contributed by atoms with Crippen molar-refractivity contribution in [2.45, 2.75) is 6.73 Å². The summed E-state index contributed by atoms with van der Waals surface area (Å²) >= 11 is 11.6. The van der Waals surface area contributed by atoms with E-state index in [2.05, 4.69) is 4.98 Å². The summed E-state index contributed by atoms with van der Waals surface area (Å²) in [7, 11) is 0. The molecular formula is C8H6Cl2N2O. The first-order chi connectivity index (χ1) is 6.22. The Labute approximate surface area is 84.5 Å². The SMILES string of the molecule is OCn1cnc2cc(Cl)c(Cl)cc21. The lowest BCUT2D eigenvalue weighted by atomic mass is 10.3. The molecule has 0 atom stereocenters. The number of hydrogen-bond acceptors (Lipinski definition) is 2. The summed E-state index contributed by atoms with van der Waals surface area (Å²) in [5.74, 6) is 0. The molecule has 1 aromatic carbocycles. The molecule has 0 aliphatic rings. The summed E-state index contributed by atoms with van der Waals surface area (Å²) in [6.07, 6.45) is 1.54. The molecule has 5 heteroatoms. The van der Waals surface area contributed by atoms with Gasteiger partial charge in [0.2, 0.25) is 0 Å². The molecule has 1 N–H and O–H groups in total. The minimum Gasteiger partial charge on any atom is -0.376 e. The minimum absolute atomic E-state index is 0.117. The molecule has 68 valence electrons. The third-order valence-electron chi connectivity index (χ3n) is 1.82. The lowest BCUT2D eigenvalue weighted by Crippen LogP contribution is -1.93. The highest BCUT2D eigenvalue weighted by Crippen LogP contribution is 2.26. The number of halogens is 2. The molecule has 2 aromatic rings. The lowest BCUT2D eigenvalue weighted by molar-refractivity contribution is 0.215. The van der Waals surface area contributed by atoms with Crippen molar-refractivity contribution in [2.24, 2.45) is 0 Å². The summed E-state index contributed by atoms with van der Waals surface area (Å²) in [4.78, 5) is 4.05. The molecule has 0 aliphatic carbocycles. The lowest BCUT2D eigenvalue weighted by Gasteiger charge is -1.99. The van der Waals surface area contributed by atoms with Gasteiger partial charge < -0.3 is 9.67 Å². The first-order valence-electron chi connectivity index (χ1n) is 3.63. The molecule has 2 rings (SSSR count). The molecule has 1 aromatic heterocycles. The molecule has 0 saturated carbocycles. The van der Waals surface area contributed by atoms with Gasteiger partial charge in [0.05, 0.1) is 27.4 Å². The third-order valence-corrected chi connectivity index (χ3v) is 2.54. The second kappa shape index (κ2) is 3.18. The van der Waals surface area contributed by atoms with E-state index in [0.29, 0.717) is 10.0 Å². The summed E-state index contributed by atoms with van der Waals surface area (Å²) in [5.41, 5.74) is 1.50. The number of benzene rings is 1. The molecule has 0 radical (unpaired) electrons. The maximum atomic E-state index is 8.93. The predicted molar refractivity (Wildman–Crippen MR) is 52.0 cm³/mol. The fraction of sp³-hybridized carbons (Fsp3) is 0.125. The van der Waals surface area contributed by atoms with E-state index < -0.39 is 0 Å². The Morgan fingerprint density at radius 2 is 2.00 bits per heavy atom. The van der Waals surface area contributed by atoms with Gasteiger partial charge in [-0.15, -0.1) is 0 Å². The highest BCUT2D eigenvalue weighted by Gasteiger charge is 2.05. The van der Waals surface area contributed by atoms with Crippen LogP contribution in [0.1, 0.15) is 0 Å². The molecule has 0 unspecified atom stereocenters. The van der Waals surface area contributed by atoms with Crippen LogP contribution in [0, 0.1) is 0 Å². The highest BCUT2D eigenvalue weighted by atomic mass is 35.5. The topological polar surface area (TPSA) is 38.0 Å². The summed E-state index contributed by atoms with van der Waals surface area (Å²) in [6.45, 7) is -0.117. The van der Waals surface area contributed by atoms with Gasteiger partial charge in [-0.2, -0.15) is 0 Å². The first kappa shape index (κ1) is 8.81. The van der Waals surface area contributed by atoms with Crippen molar-refractivity contribution in [3.8, 4) is 0 Å². The molecular weight excluding hydrogens is 211 g/mol. The van der Waals surface area contributed by atoms with Gasteiger partial charge in [0.25, 0.3) is 0 Å². The number of rotatable bonds is 1. The van der Waals surface area contributed by atoms with E-state index in [4.69, 9.17) is 28.3 Å². The molecule has 3 nitrogen and oxygen atoms in total. The number of aromatic nitrogens is 2. The van der Waals surface area contributed by atoms with Gasteiger partial charge in [0, 0.05) is 0 Å². The van der Waals surface area contributed by atoms with Crippen LogP contribution in [-0.2, 0) is 6.73 Å². The Kier molecular flexibility index (Phi) is 2.15. The number of imidazole rings is 1. The number of fused-ring (bicyclic) bond motifs is 1. The van der Waals surface area contributed by atoms with Crippen LogP contribution in [0.25, 0.3) is 11.0 Å². The molecule has 0 aliphatic heterocycles. The van der Waals surface area contributed by atoms with Crippen molar-refractivity contribution in [2.75, 3.05) is 0 Å².